The standard InChI is InChI=1S/C24H24Cl3N5O4/c1-12-8-18(13(2)28-22(12)35-3)29-21-23(33)32(10-20(27)31-21)19(14-4-5-14)11-36-24(34)30-17-7-6-15(25)9-16(17)26/h6-10,14,19H,4-5,11H2,1-3H3,(H,29,31)(H,30,34)/t19-/m0/s1. The first-order valence-electron chi connectivity index (χ1n) is 11.1. The topological polar surface area (TPSA) is 107 Å². The van der Waals surface area contributed by atoms with E-state index in [0.29, 0.717) is 28.0 Å². The van der Waals surface area contributed by atoms with E-state index in [2.05, 4.69) is 20.6 Å². The molecule has 36 heavy (non-hydrogen) atoms. The summed E-state index contributed by atoms with van der Waals surface area (Å²) in [5.41, 5.74) is 2.00. The molecule has 1 aromatic carbocycles. The third-order valence-corrected chi connectivity index (χ3v) is 6.51. The van der Waals surface area contributed by atoms with Crippen LogP contribution in [0, 0.1) is 19.8 Å². The van der Waals surface area contributed by atoms with Gasteiger partial charge in [-0.25, -0.2) is 14.8 Å². The number of nitrogens with one attached hydrogen (secondary N) is 2. The Labute approximate surface area is 222 Å². The van der Waals surface area contributed by atoms with Gasteiger partial charge in [0.25, 0.3) is 5.56 Å². The Hall–Kier alpha value is -3.01. The third-order valence-electron chi connectivity index (χ3n) is 5.78. The number of hydrogen-bond acceptors (Lipinski definition) is 7. The van der Waals surface area contributed by atoms with Crippen molar-refractivity contribution in [3.63, 3.8) is 0 Å². The number of carbonyl (C=O) groups excluding carboxylic acids is 1. The molecular weight excluding hydrogens is 529 g/mol. The van der Waals surface area contributed by atoms with Crippen LogP contribution in [-0.2, 0) is 4.74 Å². The summed E-state index contributed by atoms with van der Waals surface area (Å²) in [5, 5.41) is 6.48. The van der Waals surface area contributed by atoms with Crippen molar-refractivity contribution in [2.45, 2.75) is 32.7 Å². The summed E-state index contributed by atoms with van der Waals surface area (Å²) in [4.78, 5) is 34.4. The van der Waals surface area contributed by atoms with Crippen LogP contribution in [0.2, 0.25) is 15.2 Å². The number of rotatable bonds is 8. The molecule has 1 amide bonds. The van der Waals surface area contributed by atoms with Gasteiger partial charge in [-0.3, -0.25) is 10.1 Å². The van der Waals surface area contributed by atoms with E-state index in [0.717, 1.165) is 18.4 Å². The average Bonchev–Trinajstić information content (AvgIpc) is 3.66. The van der Waals surface area contributed by atoms with Crippen molar-refractivity contribution in [2.75, 3.05) is 24.4 Å². The molecule has 1 aliphatic rings. The number of nitrogens with zero attached hydrogens (tertiary/aromatic N) is 3. The smallest absolute Gasteiger partial charge is 0.411 e. The van der Waals surface area contributed by atoms with Gasteiger partial charge >= 0.3 is 6.09 Å². The second-order valence-electron chi connectivity index (χ2n) is 8.45. The molecule has 0 radical (unpaired) electrons. The quantitative estimate of drug-likeness (QED) is 0.344. The van der Waals surface area contributed by atoms with E-state index in [9.17, 15) is 9.59 Å². The highest BCUT2D eigenvalue weighted by Crippen LogP contribution is 2.40. The maximum absolute atomic E-state index is 13.4. The van der Waals surface area contributed by atoms with E-state index in [4.69, 9.17) is 44.3 Å². The molecule has 2 N–H and O–H groups in total. The third kappa shape index (κ3) is 6.03. The van der Waals surface area contributed by atoms with Gasteiger partial charge in [0.05, 0.1) is 35.2 Å². The second-order valence-corrected chi connectivity index (χ2v) is 9.68. The number of carbonyl (C=O) groups is 1. The molecule has 0 spiro atoms. The summed E-state index contributed by atoms with van der Waals surface area (Å²) in [6.45, 7) is 3.60. The summed E-state index contributed by atoms with van der Waals surface area (Å²) < 4.78 is 12.2. The van der Waals surface area contributed by atoms with Gasteiger partial charge in [0.2, 0.25) is 5.88 Å². The normalized spacial score (nSPS) is 13.7. The van der Waals surface area contributed by atoms with E-state index < -0.39 is 17.7 Å². The van der Waals surface area contributed by atoms with E-state index in [-0.39, 0.29) is 28.5 Å². The van der Waals surface area contributed by atoms with Crippen molar-refractivity contribution in [1.82, 2.24) is 14.5 Å². The van der Waals surface area contributed by atoms with Crippen molar-refractivity contribution < 1.29 is 14.3 Å². The number of aryl methyl sites for hydroxylation is 2. The van der Waals surface area contributed by atoms with Crippen LogP contribution < -0.4 is 20.9 Å². The fourth-order valence-corrected chi connectivity index (χ4v) is 4.42. The summed E-state index contributed by atoms with van der Waals surface area (Å²) >= 11 is 18.3. The number of aromatic nitrogens is 3. The Morgan fingerprint density at radius 3 is 2.58 bits per heavy atom. The number of halogens is 3. The summed E-state index contributed by atoms with van der Waals surface area (Å²) in [5.74, 6) is 0.700. The van der Waals surface area contributed by atoms with E-state index in [1.807, 2.05) is 13.0 Å². The van der Waals surface area contributed by atoms with Crippen LogP contribution in [-0.4, -0.2) is 34.3 Å². The van der Waals surface area contributed by atoms with Crippen LogP contribution in [0.3, 0.4) is 0 Å². The number of methoxy groups -OCH3 is 1. The fraction of sp³-hybridized carbons (Fsp3) is 0.333. The van der Waals surface area contributed by atoms with Crippen molar-refractivity contribution in [3.8, 4) is 5.88 Å². The Bertz CT molecular complexity index is 1360. The highest BCUT2D eigenvalue weighted by molar-refractivity contribution is 6.36. The Morgan fingerprint density at radius 2 is 1.92 bits per heavy atom. The van der Waals surface area contributed by atoms with Gasteiger partial charge in [-0.15, -0.1) is 0 Å². The zero-order valence-electron chi connectivity index (χ0n) is 19.8. The molecule has 2 aromatic heterocycles. The molecule has 4 rings (SSSR count). The minimum Gasteiger partial charge on any atom is -0.481 e. The van der Waals surface area contributed by atoms with Crippen LogP contribution >= 0.6 is 34.8 Å². The lowest BCUT2D eigenvalue weighted by atomic mass is 10.2. The van der Waals surface area contributed by atoms with Crippen LogP contribution in [0.15, 0.2) is 35.3 Å². The van der Waals surface area contributed by atoms with Crippen molar-refractivity contribution in [3.05, 3.63) is 67.3 Å². The van der Waals surface area contributed by atoms with Crippen LogP contribution in [0.25, 0.3) is 0 Å². The molecule has 0 aliphatic heterocycles. The summed E-state index contributed by atoms with van der Waals surface area (Å²) in [6, 6.07) is 6.10. The molecule has 0 bridgehead atoms. The maximum Gasteiger partial charge on any atom is 0.411 e. The highest BCUT2D eigenvalue weighted by Gasteiger charge is 2.35. The zero-order chi connectivity index (χ0) is 26.0. The Balaban J connectivity index is 1.54. The minimum atomic E-state index is -0.702. The lowest BCUT2D eigenvalue weighted by molar-refractivity contribution is 0.135. The van der Waals surface area contributed by atoms with Crippen LogP contribution in [0.1, 0.15) is 30.1 Å². The predicted octanol–water partition coefficient (Wildman–Crippen LogP) is 6.17. The Kier molecular flexibility index (Phi) is 7.92. The van der Waals surface area contributed by atoms with E-state index >= 15 is 0 Å². The molecule has 1 atom stereocenters. The molecular formula is C24H24Cl3N5O4. The van der Waals surface area contributed by atoms with E-state index in [1.165, 1.54) is 16.8 Å². The van der Waals surface area contributed by atoms with Gasteiger partial charge < -0.3 is 19.4 Å². The van der Waals surface area contributed by atoms with Crippen molar-refractivity contribution in [1.29, 1.82) is 0 Å². The highest BCUT2D eigenvalue weighted by atomic mass is 35.5. The molecule has 3 aromatic rings. The SMILES string of the molecule is COc1nc(C)c(Nc2nc(Cl)cn([C@@H](COC(=O)Nc3ccc(Cl)cc3Cl)C3CC3)c2=O)cc1C. The number of anilines is 3. The first-order valence-corrected chi connectivity index (χ1v) is 12.3. The molecule has 1 fully saturated rings. The lowest BCUT2D eigenvalue weighted by Crippen LogP contribution is -2.32. The second kappa shape index (κ2) is 10.9. The molecule has 0 unspecified atom stereocenters. The average molecular weight is 553 g/mol. The minimum absolute atomic E-state index is 0.0381. The van der Waals surface area contributed by atoms with E-state index in [1.54, 1.807) is 26.2 Å². The molecule has 190 valence electrons. The first kappa shape index (κ1) is 26.1. The van der Waals surface area contributed by atoms with Gasteiger partial charge in [0, 0.05) is 16.8 Å². The van der Waals surface area contributed by atoms with Crippen LogP contribution in [0.5, 0.6) is 5.88 Å². The molecule has 9 nitrogen and oxygen atoms in total. The first-order chi connectivity index (χ1) is 17.2. The predicted molar refractivity (Wildman–Crippen MR) is 140 cm³/mol. The largest absolute Gasteiger partial charge is 0.481 e. The number of hydrogen-bond donors (Lipinski definition) is 2. The van der Waals surface area contributed by atoms with Gasteiger partial charge in [-0.1, -0.05) is 34.8 Å². The fourth-order valence-electron chi connectivity index (χ4n) is 3.77. The molecule has 0 saturated heterocycles. The maximum atomic E-state index is 13.4. The summed E-state index contributed by atoms with van der Waals surface area (Å²) in [6.07, 6.45) is 2.55. The lowest BCUT2D eigenvalue weighted by Gasteiger charge is -2.21. The monoisotopic (exact) mass is 551 g/mol. The zero-order valence-corrected chi connectivity index (χ0v) is 22.0. The van der Waals surface area contributed by atoms with Gasteiger partial charge in [0.15, 0.2) is 5.82 Å². The van der Waals surface area contributed by atoms with Crippen molar-refractivity contribution in [2.24, 2.45) is 5.92 Å². The van der Waals surface area contributed by atoms with Crippen molar-refractivity contribution >= 4 is 58.1 Å². The van der Waals surface area contributed by atoms with Crippen LogP contribution in [0.4, 0.5) is 22.0 Å². The number of amides is 1. The molecule has 1 aliphatic carbocycles. The molecule has 2 heterocycles. The van der Waals surface area contributed by atoms with Gasteiger partial charge in [-0.05, 0) is 56.9 Å². The molecule has 12 heteroatoms. The summed E-state index contributed by atoms with van der Waals surface area (Å²) in [7, 11) is 1.55. The van der Waals surface area contributed by atoms with Gasteiger partial charge in [0.1, 0.15) is 11.8 Å². The van der Waals surface area contributed by atoms with Gasteiger partial charge in [-0.2, -0.15) is 0 Å². The Morgan fingerprint density at radius 1 is 1.17 bits per heavy atom. The number of pyridine rings is 1. The molecule has 1 saturated carbocycles. The number of benzene rings is 1. The number of ether oxygens (including phenoxy) is 2.